The van der Waals surface area contributed by atoms with Crippen LogP contribution >= 0.6 is 11.8 Å². The molecule has 3 heteroatoms. The molecule has 2 N–H and O–H groups in total. The number of hydrogen-bond donors (Lipinski definition) is 1. The Morgan fingerprint density at radius 1 is 1.37 bits per heavy atom. The van der Waals surface area contributed by atoms with Gasteiger partial charge in [-0.2, -0.15) is 11.8 Å². The minimum Gasteiger partial charge on any atom is -0.369 e. The zero-order valence-electron chi connectivity index (χ0n) is 12.1. The maximum Gasteiger partial charge on any atom is 0.0399 e. The minimum atomic E-state index is 0.280. The highest BCUT2D eigenvalue weighted by Crippen LogP contribution is 2.28. The van der Waals surface area contributed by atoms with Crippen molar-refractivity contribution in [2.24, 2.45) is 5.73 Å². The van der Waals surface area contributed by atoms with Gasteiger partial charge in [-0.25, -0.2) is 0 Å². The topological polar surface area (TPSA) is 29.3 Å². The minimum absolute atomic E-state index is 0.280. The monoisotopic (exact) mass is 278 g/mol. The van der Waals surface area contributed by atoms with Crippen molar-refractivity contribution >= 4 is 17.4 Å². The van der Waals surface area contributed by atoms with Gasteiger partial charge in [0.15, 0.2) is 0 Å². The van der Waals surface area contributed by atoms with E-state index in [4.69, 9.17) is 5.73 Å². The van der Waals surface area contributed by atoms with E-state index in [0.29, 0.717) is 0 Å². The average Bonchev–Trinajstić information content (AvgIpc) is 2.47. The second-order valence-electron chi connectivity index (χ2n) is 5.35. The maximum atomic E-state index is 6.13. The summed E-state index contributed by atoms with van der Waals surface area (Å²) < 4.78 is 0. The van der Waals surface area contributed by atoms with Crippen LogP contribution in [0.3, 0.4) is 0 Å². The summed E-state index contributed by atoms with van der Waals surface area (Å²) in [4.78, 5) is 2.56. The Bertz CT molecular complexity index is 394. The van der Waals surface area contributed by atoms with Crippen LogP contribution in [0.25, 0.3) is 0 Å². The van der Waals surface area contributed by atoms with Crippen molar-refractivity contribution in [1.29, 1.82) is 0 Å². The molecule has 2 nitrogen and oxygen atoms in total. The summed E-state index contributed by atoms with van der Waals surface area (Å²) in [6, 6.07) is 9.08. The predicted octanol–water partition coefficient (Wildman–Crippen LogP) is 3.30. The smallest absolute Gasteiger partial charge is 0.0399 e. The van der Waals surface area contributed by atoms with E-state index in [1.807, 2.05) is 0 Å². The molecule has 1 heterocycles. The first kappa shape index (κ1) is 14.7. The van der Waals surface area contributed by atoms with Crippen LogP contribution in [0.4, 0.5) is 5.69 Å². The summed E-state index contributed by atoms with van der Waals surface area (Å²) in [5, 5.41) is 0.779. The van der Waals surface area contributed by atoms with Gasteiger partial charge in [-0.05, 0) is 30.9 Å². The fraction of sp³-hybridized carbons (Fsp3) is 0.625. The van der Waals surface area contributed by atoms with Gasteiger partial charge in [0.2, 0.25) is 0 Å². The maximum absolute atomic E-state index is 6.13. The molecule has 1 aromatic rings. The number of hydrogen-bond acceptors (Lipinski definition) is 3. The van der Waals surface area contributed by atoms with Crippen molar-refractivity contribution in [3.63, 3.8) is 0 Å². The van der Waals surface area contributed by atoms with Gasteiger partial charge in [-0.15, -0.1) is 0 Å². The first-order chi connectivity index (χ1) is 9.24. The molecule has 1 saturated heterocycles. The second kappa shape index (κ2) is 7.20. The number of nitrogens with two attached hydrogens (primary N) is 1. The molecular formula is C16H26N2S. The Balaban J connectivity index is 2.14. The Morgan fingerprint density at radius 2 is 2.16 bits per heavy atom. The average molecular weight is 278 g/mol. The summed E-state index contributed by atoms with van der Waals surface area (Å²) in [5.41, 5.74) is 8.96. The van der Waals surface area contributed by atoms with Gasteiger partial charge in [0.05, 0.1) is 0 Å². The lowest BCUT2D eigenvalue weighted by atomic mass is 10.0. The van der Waals surface area contributed by atoms with E-state index in [2.05, 4.69) is 54.8 Å². The molecule has 0 amide bonds. The van der Waals surface area contributed by atoms with Crippen LogP contribution in [-0.2, 0) is 6.42 Å². The zero-order valence-corrected chi connectivity index (χ0v) is 13.0. The molecule has 1 aromatic carbocycles. The summed E-state index contributed by atoms with van der Waals surface area (Å²) >= 11 is 2.12. The van der Waals surface area contributed by atoms with Crippen LogP contribution in [0, 0.1) is 0 Å². The van der Waals surface area contributed by atoms with Crippen molar-refractivity contribution in [2.75, 3.05) is 23.7 Å². The van der Waals surface area contributed by atoms with E-state index in [-0.39, 0.29) is 6.04 Å². The van der Waals surface area contributed by atoms with E-state index >= 15 is 0 Å². The van der Waals surface area contributed by atoms with Gasteiger partial charge in [0.25, 0.3) is 0 Å². The molecule has 2 rings (SSSR count). The highest BCUT2D eigenvalue weighted by Gasteiger charge is 2.21. The largest absolute Gasteiger partial charge is 0.369 e. The van der Waals surface area contributed by atoms with Gasteiger partial charge in [0, 0.05) is 35.8 Å². The zero-order chi connectivity index (χ0) is 13.7. The Labute approximate surface area is 121 Å². The van der Waals surface area contributed by atoms with Crippen molar-refractivity contribution < 1.29 is 0 Å². The van der Waals surface area contributed by atoms with Crippen LogP contribution in [0.5, 0.6) is 0 Å². The fourth-order valence-corrected chi connectivity index (χ4v) is 3.78. The summed E-state index contributed by atoms with van der Waals surface area (Å²) in [5.74, 6) is 1.24. The molecule has 0 saturated carbocycles. The first-order valence-electron chi connectivity index (χ1n) is 7.44. The number of thioether (sulfide) groups is 1. The normalized spacial score (nSPS) is 21.4. The molecule has 1 fully saturated rings. The van der Waals surface area contributed by atoms with Gasteiger partial charge < -0.3 is 10.6 Å². The van der Waals surface area contributed by atoms with Gasteiger partial charge >= 0.3 is 0 Å². The van der Waals surface area contributed by atoms with Crippen LogP contribution in [-0.4, -0.2) is 30.1 Å². The summed E-state index contributed by atoms with van der Waals surface area (Å²) in [6.07, 6.45) is 3.30. The highest BCUT2D eigenvalue weighted by atomic mass is 32.2. The van der Waals surface area contributed by atoms with Crippen LogP contribution in [0.2, 0.25) is 0 Å². The Morgan fingerprint density at radius 3 is 2.89 bits per heavy atom. The first-order valence-corrected chi connectivity index (χ1v) is 8.49. The van der Waals surface area contributed by atoms with E-state index in [9.17, 15) is 0 Å². The third kappa shape index (κ3) is 3.90. The van der Waals surface area contributed by atoms with Gasteiger partial charge in [0.1, 0.15) is 0 Å². The Hall–Kier alpha value is -0.670. The quantitative estimate of drug-likeness (QED) is 0.896. The molecule has 1 aliphatic heterocycles. The summed E-state index contributed by atoms with van der Waals surface area (Å²) in [6.45, 7) is 6.80. The molecule has 0 bridgehead atoms. The van der Waals surface area contributed by atoms with Crippen LogP contribution < -0.4 is 10.6 Å². The molecule has 2 atom stereocenters. The lowest BCUT2D eigenvalue weighted by molar-refractivity contribution is 0.642. The predicted molar refractivity (Wildman–Crippen MR) is 87.2 cm³/mol. The molecule has 19 heavy (non-hydrogen) atoms. The van der Waals surface area contributed by atoms with E-state index in [1.165, 1.54) is 36.5 Å². The fourth-order valence-electron chi connectivity index (χ4n) is 2.60. The van der Waals surface area contributed by atoms with Crippen molar-refractivity contribution in [1.82, 2.24) is 0 Å². The van der Waals surface area contributed by atoms with Gasteiger partial charge in [-0.3, -0.25) is 0 Å². The molecule has 0 spiro atoms. The van der Waals surface area contributed by atoms with E-state index in [1.54, 1.807) is 0 Å². The lowest BCUT2D eigenvalue weighted by Crippen LogP contribution is -2.38. The van der Waals surface area contributed by atoms with Crippen LogP contribution in [0.1, 0.15) is 32.3 Å². The standard InChI is InChI=1S/C16H26N2S/c1-3-14(17)11-13-7-5-6-8-16(13)18-9-10-19-15(4-2)12-18/h5-8,14-15H,3-4,9-12,17H2,1-2H3. The molecule has 0 radical (unpaired) electrons. The molecule has 2 unspecified atom stereocenters. The number of para-hydroxylation sites is 1. The van der Waals surface area contributed by atoms with E-state index in [0.717, 1.165) is 18.1 Å². The molecule has 106 valence electrons. The third-order valence-corrected chi connectivity index (χ3v) is 5.30. The summed E-state index contributed by atoms with van der Waals surface area (Å²) in [7, 11) is 0. The second-order valence-corrected chi connectivity index (χ2v) is 6.76. The van der Waals surface area contributed by atoms with Crippen molar-refractivity contribution in [3.8, 4) is 0 Å². The number of benzene rings is 1. The Kier molecular flexibility index (Phi) is 5.59. The number of nitrogens with zero attached hydrogens (tertiary/aromatic N) is 1. The van der Waals surface area contributed by atoms with Crippen LogP contribution in [0.15, 0.2) is 24.3 Å². The molecule has 0 aliphatic carbocycles. The lowest BCUT2D eigenvalue weighted by Gasteiger charge is -2.35. The van der Waals surface area contributed by atoms with Gasteiger partial charge in [-0.1, -0.05) is 32.0 Å². The third-order valence-electron chi connectivity index (χ3n) is 3.93. The molecular weight excluding hydrogens is 252 g/mol. The molecule has 0 aromatic heterocycles. The SMILES string of the molecule is CCC(N)Cc1ccccc1N1CCSC(CC)C1. The highest BCUT2D eigenvalue weighted by molar-refractivity contribution is 8.00. The number of anilines is 1. The molecule has 1 aliphatic rings. The van der Waals surface area contributed by atoms with Crippen molar-refractivity contribution in [2.45, 2.75) is 44.4 Å². The number of rotatable bonds is 5. The van der Waals surface area contributed by atoms with Crippen molar-refractivity contribution in [3.05, 3.63) is 29.8 Å². The van der Waals surface area contributed by atoms with E-state index < -0.39 is 0 Å².